The zero-order valence-electron chi connectivity index (χ0n) is 9.77. The molecule has 2 aromatic carbocycles. The van der Waals surface area contributed by atoms with Crippen LogP contribution in [0.15, 0.2) is 36.4 Å². The van der Waals surface area contributed by atoms with E-state index in [1.54, 1.807) is 17.4 Å². The summed E-state index contributed by atoms with van der Waals surface area (Å²) in [5.41, 5.74) is 9.50. The van der Waals surface area contributed by atoms with Crippen molar-refractivity contribution in [3.8, 4) is 10.6 Å². The van der Waals surface area contributed by atoms with Crippen molar-refractivity contribution in [2.24, 2.45) is 0 Å². The van der Waals surface area contributed by atoms with Crippen LogP contribution in [0, 0.1) is 6.92 Å². The molecule has 0 aliphatic carbocycles. The summed E-state index contributed by atoms with van der Waals surface area (Å²) in [7, 11) is 0. The molecule has 0 aliphatic heterocycles. The van der Waals surface area contributed by atoms with E-state index in [0.717, 1.165) is 21.7 Å². The quantitative estimate of drug-likeness (QED) is 0.663. The minimum absolute atomic E-state index is 0.659. The summed E-state index contributed by atoms with van der Waals surface area (Å²) in [5, 5.41) is 1.60. The molecule has 4 heteroatoms. The number of rotatable bonds is 1. The van der Waals surface area contributed by atoms with Gasteiger partial charge in [0.05, 0.1) is 15.2 Å². The first-order chi connectivity index (χ1) is 8.65. The van der Waals surface area contributed by atoms with Gasteiger partial charge in [0.2, 0.25) is 0 Å². The molecule has 0 radical (unpaired) electrons. The van der Waals surface area contributed by atoms with Crippen molar-refractivity contribution < 1.29 is 0 Å². The lowest BCUT2D eigenvalue weighted by Gasteiger charge is -2.06. The Labute approximate surface area is 114 Å². The Bertz CT molecular complexity index is 677. The minimum Gasteiger partial charge on any atom is -0.399 e. The third-order valence-corrected chi connectivity index (χ3v) is 4.17. The second-order valence-corrected chi connectivity index (χ2v) is 5.62. The fraction of sp³-hybridized carbons (Fsp3) is 0.0714. The lowest BCUT2D eigenvalue weighted by Crippen LogP contribution is -1.90. The van der Waals surface area contributed by atoms with Crippen LogP contribution in [0.2, 0.25) is 5.02 Å². The van der Waals surface area contributed by atoms with Crippen molar-refractivity contribution in [1.82, 2.24) is 4.98 Å². The smallest absolute Gasteiger partial charge is 0.126 e. The first-order valence-corrected chi connectivity index (χ1v) is 6.76. The van der Waals surface area contributed by atoms with Crippen molar-refractivity contribution in [2.45, 2.75) is 6.92 Å². The summed E-state index contributed by atoms with van der Waals surface area (Å²) in [6.45, 7) is 2.00. The summed E-state index contributed by atoms with van der Waals surface area (Å²) < 4.78 is 1.17. The average Bonchev–Trinajstić information content (AvgIpc) is 2.70. The maximum absolute atomic E-state index is 6.28. The molecule has 3 aromatic rings. The number of nitrogen functional groups attached to an aromatic ring is 1. The minimum atomic E-state index is 0.659. The van der Waals surface area contributed by atoms with Gasteiger partial charge >= 0.3 is 0 Å². The normalized spacial score (nSPS) is 11.0. The zero-order valence-corrected chi connectivity index (χ0v) is 11.3. The Morgan fingerprint density at radius 3 is 2.72 bits per heavy atom. The Morgan fingerprint density at radius 1 is 1.22 bits per heavy atom. The topological polar surface area (TPSA) is 38.9 Å². The van der Waals surface area contributed by atoms with Crippen LogP contribution in [0.1, 0.15) is 5.56 Å². The van der Waals surface area contributed by atoms with Crippen LogP contribution in [0.25, 0.3) is 20.8 Å². The van der Waals surface area contributed by atoms with Crippen LogP contribution in [-0.4, -0.2) is 4.98 Å². The Kier molecular flexibility index (Phi) is 2.73. The van der Waals surface area contributed by atoms with Gasteiger partial charge < -0.3 is 5.73 Å². The summed E-state index contributed by atoms with van der Waals surface area (Å²) in [5.74, 6) is 0. The fourth-order valence-electron chi connectivity index (χ4n) is 2.02. The molecule has 0 fully saturated rings. The van der Waals surface area contributed by atoms with Crippen molar-refractivity contribution in [1.29, 1.82) is 0 Å². The molecule has 0 saturated heterocycles. The number of aryl methyl sites for hydroxylation is 1. The summed E-state index contributed by atoms with van der Waals surface area (Å²) in [4.78, 5) is 4.63. The van der Waals surface area contributed by atoms with Gasteiger partial charge in [0.1, 0.15) is 5.01 Å². The SMILES string of the molecule is Cc1cc(N)cc(Cl)c1-c1nc2ccccc2s1. The molecule has 0 spiro atoms. The van der Waals surface area contributed by atoms with E-state index in [0.29, 0.717) is 10.7 Å². The largest absolute Gasteiger partial charge is 0.399 e. The van der Waals surface area contributed by atoms with E-state index in [4.69, 9.17) is 17.3 Å². The first kappa shape index (κ1) is 11.5. The molecule has 1 heterocycles. The monoisotopic (exact) mass is 274 g/mol. The standard InChI is InChI=1S/C14H11ClN2S/c1-8-6-9(16)7-10(15)13(8)14-17-11-4-2-3-5-12(11)18-14/h2-7H,16H2,1H3. The van der Waals surface area contributed by atoms with Gasteiger partial charge in [-0.25, -0.2) is 4.98 Å². The summed E-state index contributed by atoms with van der Waals surface area (Å²) >= 11 is 7.93. The number of anilines is 1. The maximum atomic E-state index is 6.28. The van der Waals surface area contributed by atoms with E-state index in [1.807, 2.05) is 31.2 Å². The number of aromatic nitrogens is 1. The number of halogens is 1. The molecular formula is C14H11ClN2S. The van der Waals surface area contributed by atoms with Gasteiger partial charge in [-0.1, -0.05) is 23.7 Å². The Hall–Kier alpha value is -1.58. The molecule has 0 saturated carbocycles. The Morgan fingerprint density at radius 2 is 2.00 bits per heavy atom. The maximum Gasteiger partial charge on any atom is 0.126 e. The van der Waals surface area contributed by atoms with Crippen molar-refractivity contribution in [3.63, 3.8) is 0 Å². The molecule has 3 rings (SSSR count). The van der Waals surface area contributed by atoms with Crippen LogP contribution in [0.5, 0.6) is 0 Å². The van der Waals surface area contributed by atoms with Gasteiger partial charge in [0, 0.05) is 11.3 Å². The molecule has 0 aliphatic rings. The van der Waals surface area contributed by atoms with Crippen molar-refractivity contribution >= 4 is 38.8 Å². The van der Waals surface area contributed by atoms with Gasteiger partial charge in [-0.3, -0.25) is 0 Å². The predicted molar refractivity (Wildman–Crippen MR) is 79.2 cm³/mol. The van der Waals surface area contributed by atoms with Gasteiger partial charge in [-0.15, -0.1) is 11.3 Å². The third-order valence-electron chi connectivity index (χ3n) is 2.82. The van der Waals surface area contributed by atoms with E-state index in [2.05, 4.69) is 11.1 Å². The van der Waals surface area contributed by atoms with E-state index in [-0.39, 0.29) is 0 Å². The van der Waals surface area contributed by atoms with Crippen LogP contribution >= 0.6 is 22.9 Å². The Balaban J connectivity index is 2.26. The highest BCUT2D eigenvalue weighted by molar-refractivity contribution is 7.21. The fourth-order valence-corrected chi connectivity index (χ4v) is 3.53. The molecule has 0 bridgehead atoms. The molecule has 18 heavy (non-hydrogen) atoms. The van der Waals surface area contributed by atoms with Crippen LogP contribution in [0.3, 0.4) is 0 Å². The number of hydrogen-bond acceptors (Lipinski definition) is 3. The van der Waals surface area contributed by atoms with Gasteiger partial charge in [0.15, 0.2) is 0 Å². The summed E-state index contributed by atoms with van der Waals surface area (Å²) in [6, 6.07) is 11.8. The molecule has 0 atom stereocenters. The average molecular weight is 275 g/mol. The van der Waals surface area contributed by atoms with Crippen LogP contribution in [0.4, 0.5) is 5.69 Å². The van der Waals surface area contributed by atoms with E-state index >= 15 is 0 Å². The molecule has 1 aromatic heterocycles. The van der Waals surface area contributed by atoms with Crippen molar-refractivity contribution in [2.75, 3.05) is 5.73 Å². The number of fused-ring (bicyclic) bond motifs is 1. The van der Waals surface area contributed by atoms with Crippen LogP contribution in [-0.2, 0) is 0 Å². The highest BCUT2D eigenvalue weighted by atomic mass is 35.5. The highest BCUT2D eigenvalue weighted by Gasteiger charge is 2.12. The summed E-state index contributed by atoms with van der Waals surface area (Å²) in [6.07, 6.45) is 0. The van der Waals surface area contributed by atoms with Gasteiger partial charge in [0.25, 0.3) is 0 Å². The molecule has 2 N–H and O–H groups in total. The molecular weight excluding hydrogens is 264 g/mol. The number of nitrogens with zero attached hydrogens (tertiary/aromatic N) is 1. The number of thiazole rings is 1. The second kappa shape index (κ2) is 4.26. The number of hydrogen-bond donors (Lipinski definition) is 1. The van der Waals surface area contributed by atoms with E-state index in [1.165, 1.54) is 4.70 Å². The zero-order chi connectivity index (χ0) is 12.7. The van der Waals surface area contributed by atoms with E-state index in [9.17, 15) is 0 Å². The molecule has 2 nitrogen and oxygen atoms in total. The third kappa shape index (κ3) is 1.85. The van der Waals surface area contributed by atoms with E-state index < -0.39 is 0 Å². The van der Waals surface area contributed by atoms with Gasteiger partial charge in [-0.05, 0) is 36.8 Å². The lowest BCUT2D eigenvalue weighted by atomic mass is 10.1. The number of benzene rings is 2. The molecule has 90 valence electrons. The van der Waals surface area contributed by atoms with Crippen LogP contribution < -0.4 is 5.73 Å². The lowest BCUT2D eigenvalue weighted by molar-refractivity contribution is 1.41. The van der Waals surface area contributed by atoms with Gasteiger partial charge in [-0.2, -0.15) is 0 Å². The highest BCUT2D eigenvalue weighted by Crippen LogP contribution is 2.37. The number of nitrogens with two attached hydrogens (primary N) is 1. The molecule has 0 unspecified atom stereocenters. The second-order valence-electron chi connectivity index (χ2n) is 4.18. The number of para-hydroxylation sites is 1. The first-order valence-electron chi connectivity index (χ1n) is 5.57. The van der Waals surface area contributed by atoms with Crippen molar-refractivity contribution in [3.05, 3.63) is 47.0 Å². The molecule has 0 amide bonds. The predicted octanol–water partition coefficient (Wildman–Crippen LogP) is 4.51.